The van der Waals surface area contributed by atoms with Gasteiger partial charge in [0.25, 0.3) is 0 Å². The molecule has 0 radical (unpaired) electrons. The van der Waals surface area contributed by atoms with Gasteiger partial charge in [-0.25, -0.2) is 4.98 Å². The number of imidazole rings is 1. The normalized spacial score (nSPS) is 14.9. The lowest BCUT2D eigenvalue weighted by atomic mass is 10.1. The first-order valence-electron chi connectivity index (χ1n) is 8.79. The molecule has 6 heteroatoms. The summed E-state index contributed by atoms with van der Waals surface area (Å²) in [5, 5.41) is 0. The molecule has 1 amide bonds. The Morgan fingerprint density at radius 3 is 2.68 bits per heavy atom. The molecule has 2 aromatic rings. The summed E-state index contributed by atoms with van der Waals surface area (Å²) in [6.07, 6.45) is 4.39. The molecule has 0 bridgehead atoms. The number of carbonyl (C=O) groups is 1. The molecule has 3 rings (SSSR count). The predicted molar refractivity (Wildman–Crippen MR) is 98.4 cm³/mol. The van der Waals surface area contributed by atoms with E-state index in [1.807, 2.05) is 41.6 Å². The third kappa shape index (κ3) is 3.95. The minimum Gasteiger partial charge on any atom is -0.497 e. The van der Waals surface area contributed by atoms with Gasteiger partial charge in [-0.1, -0.05) is 19.9 Å². The van der Waals surface area contributed by atoms with Gasteiger partial charge in [0.05, 0.1) is 12.8 Å². The number of piperazine rings is 1. The highest BCUT2D eigenvalue weighted by atomic mass is 16.5. The maximum absolute atomic E-state index is 12.2. The molecule has 134 valence electrons. The van der Waals surface area contributed by atoms with E-state index in [0.717, 1.165) is 43.6 Å². The first kappa shape index (κ1) is 17.3. The molecule has 1 aliphatic heterocycles. The van der Waals surface area contributed by atoms with Gasteiger partial charge in [0.15, 0.2) is 0 Å². The number of carbonyl (C=O) groups excluding carboxylic acids is 1. The van der Waals surface area contributed by atoms with Crippen LogP contribution >= 0.6 is 0 Å². The van der Waals surface area contributed by atoms with Crippen molar-refractivity contribution in [2.75, 3.05) is 38.2 Å². The van der Waals surface area contributed by atoms with Crippen LogP contribution in [0.4, 0.5) is 5.95 Å². The number of hydrogen-bond donors (Lipinski definition) is 0. The predicted octanol–water partition coefficient (Wildman–Crippen LogP) is 2.58. The lowest BCUT2D eigenvalue weighted by Gasteiger charge is -2.35. The number of nitrogens with zero attached hydrogens (tertiary/aromatic N) is 4. The van der Waals surface area contributed by atoms with Crippen LogP contribution in [0.2, 0.25) is 0 Å². The van der Waals surface area contributed by atoms with E-state index in [2.05, 4.69) is 28.3 Å². The maximum atomic E-state index is 12.2. The number of methoxy groups -OCH3 is 1. The van der Waals surface area contributed by atoms with Crippen molar-refractivity contribution < 1.29 is 9.53 Å². The van der Waals surface area contributed by atoms with Crippen molar-refractivity contribution in [3.63, 3.8) is 0 Å². The van der Waals surface area contributed by atoms with Crippen LogP contribution < -0.4 is 9.64 Å². The molecule has 0 N–H and O–H groups in total. The molecule has 0 saturated carbocycles. The quantitative estimate of drug-likeness (QED) is 0.838. The Labute approximate surface area is 149 Å². The Morgan fingerprint density at radius 2 is 2.00 bits per heavy atom. The number of benzene rings is 1. The highest BCUT2D eigenvalue weighted by molar-refractivity contribution is 5.76. The Kier molecular flexibility index (Phi) is 5.26. The zero-order chi connectivity index (χ0) is 17.8. The van der Waals surface area contributed by atoms with Crippen LogP contribution in [0.25, 0.3) is 5.69 Å². The fourth-order valence-corrected chi connectivity index (χ4v) is 3.13. The summed E-state index contributed by atoms with van der Waals surface area (Å²) in [5.74, 6) is 2.38. The number of anilines is 1. The van der Waals surface area contributed by atoms with Gasteiger partial charge in [-0.3, -0.25) is 9.36 Å². The van der Waals surface area contributed by atoms with Gasteiger partial charge in [0.2, 0.25) is 11.9 Å². The van der Waals surface area contributed by atoms with Crippen LogP contribution in [0.15, 0.2) is 36.7 Å². The smallest absolute Gasteiger partial charge is 0.222 e. The van der Waals surface area contributed by atoms with Crippen molar-refractivity contribution in [1.29, 1.82) is 0 Å². The highest BCUT2D eigenvalue weighted by Crippen LogP contribution is 2.23. The van der Waals surface area contributed by atoms with Crippen LogP contribution in [0.1, 0.15) is 20.3 Å². The van der Waals surface area contributed by atoms with Gasteiger partial charge >= 0.3 is 0 Å². The lowest BCUT2D eigenvalue weighted by Crippen LogP contribution is -2.49. The third-order valence-electron chi connectivity index (χ3n) is 4.45. The van der Waals surface area contributed by atoms with Gasteiger partial charge in [-0.05, 0) is 18.1 Å². The Morgan fingerprint density at radius 1 is 1.24 bits per heavy atom. The number of rotatable bonds is 5. The van der Waals surface area contributed by atoms with E-state index < -0.39 is 0 Å². The molecule has 1 aliphatic rings. The van der Waals surface area contributed by atoms with E-state index in [-0.39, 0.29) is 5.91 Å². The van der Waals surface area contributed by atoms with Crippen molar-refractivity contribution in [3.8, 4) is 11.4 Å². The standard InChI is InChI=1S/C19H26N4O2/c1-15(2)13-18(24)21-9-11-22(12-10-21)19-20-7-8-23(19)16-5-4-6-17(14-16)25-3/h4-8,14-15H,9-13H2,1-3H3. The Balaban J connectivity index is 1.71. The molecule has 1 fully saturated rings. The molecule has 0 unspecified atom stereocenters. The molecular formula is C19H26N4O2. The van der Waals surface area contributed by atoms with E-state index in [1.54, 1.807) is 7.11 Å². The van der Waals surface area contributed by atoms with E-state index in [4.69, 9.17) is 4.74 Å². The van der Waals surface area contributed by atoms with Gasteiger partial charge < -0.3 is 14.5 Å². The van der Waals surface area contributed by atoms with E-state index in [0.29, 0.717) is 12.3 Å². The number of amides is 1. The number of hydrogen-bond acceptors (Lipinski definition) is 4. The highest BCUT2D eigenvalue weighted by Gasteiger charge is 2.24. The summed E-state index contributed by atoms with van der Waals surface area (Å²) in [7, 11) is 1.67. The molecule has 0 spiro atoms. The molecule has 0 atom stereocenters. The first-order chi connectivity index (χ1) is 12.1. The molecule has 1 saturated heterocycles. The summed E-state index contributed by atoms with van der Waals surface area (Å²) >= 11 is 0. The Hall–Kier alpha value is -2.50. The third-order valence-corrected chi connectivity index (χ3v) is 4.45. The summed E-state index contributed by atoms with van der Waals surface area (Å²) in [4.78, 5) is 21.0. The van der Waals surface area contributed by atoms with Crippen molar-refractivity contribution in [3.05, 3.63) is 36.7 Å². The first-order valence-corrected chi connectivity index (χ1v) is 8.79. The average molecular weight is 342 g/mol. The monoisotopic (exact) mass is 342 g/mol. The topological polar surface area (TPSA) is 50.6 Å². The van der Waals surface area contributed by atoms with E-state index in [1.165, 1.54) is 0 Å². The SMILES string of the molecule is COc1cccc(-n2ccnc2N2CCN(C(=O)CC(C)C)CC2)c1. The average Bonchev–Trinajstić information content (AvgIpc) is 3.11. The van der Waals surface area contributed by atoms with Crippen LogP contribution in [-0.4, -0.2) is 53.6 Å². The second-order valence-electron chi connectivity index (χ2n) is 6.76. The van der Waals surface area contributed by atoms with Crippen molar-refractivity contribution in [1.82, 2.24) is 14.5 Å². The zero-order valence-electron chi connectivity index (χ0n) is 15.2. The molecule has 25 heavy (non-hydrogen) atoms. The minimum atomic E-state index is 0.255. The van der Waals surface area contributed by atoms with Gasteiger partial charge in [0.1, 0.15) is 5.75 Å². The van der Waals surface area contributed by atoms with Crippen LogP contribution in [0, 0.1) is 5.92 Å². The second kappa shape index (κ2) is 7.59. The molecule has 2 heterocycles. The molecule has 0 aliphatic carbocycles. The molecule has 1 aromatic carbocycles. The second-order valence-corrected chi connectivity index (χ2v) is 6.76. The zero-order valence-corrected chi connectivity index (χ0v) is 15.2. The summed E-state index contributed by atoms with van der Waals surface area (Å²) < 4.78 is 7.38. The van der Waals surface area contributed by atoms with E-state index >= 15 is 0 Å². The van der Waals surface area contributed by atoms with Crippen LogP contribution in [-0.2, 0) is 4.79 Å². The van der Waals surface area contributed by atoms with Gasteiger partial charge in [-0.2, -0.15) is 0 Å². The largest absolute Gasteiger partial charge is 0.497 e. The molecule has 1 aromatic heterocycles. The fourth-order valence-electron chi connectivity index (χ4n) is 3.13. The lowest BCUT2D eigenvalue weighted by molar-refractivity contribution is -0.132. The minimum absolute atomic E-state index is 0.255. The summed E-state index contributed by atoms with van der Waals surface area (Å²) in [6.45, 7) is 7.25. The molecule has 6 nitrogen and oxygen atoms in total. The van der Waals surface area contributed by atoms with Crippen molar-refractivity contribution in [2.45, 2.75) is 20.3 Å². The van der Waals surface area contributed by atoms with Gasteiger partial charge in [0, 0.05) is 51.1 Å². The number of ether oxygens (including phenoxy) is 1. The van der Waals surface area contributed by atoms with Crippen LogP contribution in [0.3, 0.4) is 0 Å². The maximum Gasteiger partial charge on any atom is 0.222 e. The Bertz CT molecular complexity index is 718. The van der Waals surface area contributed by atoms with E-state index in [9.17, 15) is 4.79 Å². The van der Waals surface area contributed by atoms with Crippen molar-refractivity contribution in [2.24, 2.45) is 5.92 Å². The van der Waals surface area contributed by atoms with Crippen molar-refractivity contribution >= 4 is 11.9 Å². The summed E-state index contributed by atoms with van der Waals surface area (Å²) in [6, 6.07) is 7.93. The fraction of sp³-hybridized carbons (Fsp3) is 0.474. The molecular weight excluding hydrogens is 316 g/mol. The summed E-state index contributed by atoms with van der Waals surface area (Å²) in [5.41, 5.74) is 1.02. The number of aromatic nitrogens is 2. The van der Waals surface area contributed by atoms with Crippen LogP contribution in [0.5, 0.6) is 5.75 Å². The van der Waals surface area contributed by atoms with Gasteiger partial charge in [-0.15, -0.1) is 0 Å².